The number of benzene rings is 2. The standard InChI is InChI=1S/C21H23ClN2O4/c1-5-18(25)23-15-10-16-14(8-11(15)2)13(9-19(26)24-16)12-6-7-17(27-3)21(28-4)20(12)22/h6-8,10,13H,5,9H2,1-4H3,(H,23,25)(H,24,26). The van der Waals surface area contributed by atoms with Crippen molar-refractivity contribution >= 4 is 34.8 Å². The second kappa shape index (κ2) is 8.10. The highest BCUT2D eigenvalue weighted by molar-refractivity contribution is 6.33. The van der Waals surface area contributed by atoms with E-state index in [-0.39, 0.29) is 24.2 Å². The van der Waals surface area contributed by atoms with Crippen molar-refractivity contribution in [2.45, 2.75) is 32.6 Å². The van der Waals surface area contributed by atoms with Crippen LogP contribution in [-0.2, 0) is 9.59 Å². The molecule has 1 aliphatic rings. The van der Waals surface area contributed by atoms with Crippen LogP contribution in [0.25, 0.3) is 0 Å². The SMILES string of the molecule is CCC(=O)Nc1cc2c(cc1C)C(c1ccc(OC)c(OC)c1Cl)CC(=O)N2. The monoisotopic (exact) mass is 402 g/mol. The second-order valence-electron chi connectivity index (χ2n) is 6.67. The van der Waals surface area contributed by atoms with Gasteiger partial charge in [-0.3, -0.25) is 9.59 Å². The number of aryl methyl sites for hydroxylation is 1. The summed E-state index contributed by atoms with van der Waals surface area (Å²) in [5.74, 6) is 0.554. The Kier molecular flexibility index (Phi) is 5.79. The summed E-state index contributed by atoms with van der Waals surface area (Å²) < 4.78 is 10.7. The third-order valence-corrected chi connectivity index (χ3v) is 5.31. The second-order valence-corrected chi connectivity index (χ2v) is 7.04. The molecule has 7 heteroatoms. The molecule has 6 nitrogen and oxygen atoms in total. The van der Waals surface area contributed by atoms with Crippen LogP contribution in [0.3, 0.4) is 0 Å². The first-order valence-corrected chi connectivity index (χ1v) is 9.42. The predicted molar refractivity (Wildman–Crippen MR) is 110 cm³/mol. The lowest BCUT2D eigenvalue weighted by atomic mass is 9.83. The molecule has 1 unspecified atom stereocenters. The first-order valence-electron chi connectivity index (χ1n) is 9.04. The minimum atomic E-state index is -0.231. The first kappa shape index (κ1) is 20.0. The molecule has 0 saturated heterocycles. The molecule has 2 N–H and O–H groups in total. The molecule has 148 valence electrons. The Morgan fingerprint density at radius 1 is 1.25 bits per heavy atom. The Hall–Kier alpha value is -2.73. The third kappa shape index (κ3) is 3.64. The number of methoxy groups -OCH3 is 2. The van der Waals surface area contributed by atoms with E-state index in [1.807, 2.05) is 19.1 Å². The van der Waals surface area contributed by atoms with E-state index in [0.717, 1.165) is 16.7 Å². The molecule has 0 fully saturated rings. The van der Waals surface area contributed by atoms with Gasteiger partial charge in [0.15, 0.2) is 11.5 Å². The highest BCUT2D eigenvalue weighted by Crippen LogP contribution is 2.46. The summed E-state index contributed by atoms with van der Waals surface area (Å²) in [6, 6.07) is 7.43. The molecule has 1 aliphatic heterocycles. The number of carbonyl (C=O) groups excluding carboxylic acids is 2. The Morgan fingerprint density at radius 3 is 2.64 bits per heavy atom. The molecule has 3 rings (SSSR count). The largest absolute Gasteiger partial charge is 0.493 e. The maximum absolute atomic E-state index is 12.4. The number of hydrogen-bond acceptors (Lipinski definition) is 4. The minimum absolute atomic E-state index is 0.0790. The lowest BCUT2D eigenvalue weighted by Gasteiger charge is -2.28. The topological polar surface area (TPSA) is 76.7 Å². The molecule has 0 spiro atoms. The summed E-state index contributed by atoms with van der Waals surface area (Å²) in [6.07, 6.45) is 0.648. The predicted octanol–water partition coefficient (Wildman–Crippen LogP) is 4.49. The zero-order valence-electron chi connectivity index (χ0n) is 16.3. The van der Waals surface area contributed by atoms with Gasteiger partial charge in [0.1, 0.15) is 0 Å². The molecule has 0 aromatic heterocycles. The van der Waals surface area contributed by atoms with Gasteiger partial charge in [-0.25, -0.2) is 0 Å². The Labute approximate surface area is 169 Å². The lowest BCUT2D eigenvalue weighted by molar-refractivity contribution is -0.117. The fourth-order valence-corrected chi connectivity index (χ4v) is 3.81. The van der Waals surface area contributed by atoms with Crippen molar-refractivity contribution in [2.75, 3.05) is 24.9 Å². The van der Waals surface area contributed by atoms with Crippen LogP contribution in [0, 0.1) is 6.92 Å². The summed E-state index contributed by atoms with van der Waals surface area (Å²) in [6.45, 7) is 3.72. The number of hydrogen-bond donors (Lipinski definition) is 2. The molecular weight excluding hydrogens is 380 g/mol. The summed E-state index contributed by atoms with van der Waals surface area (Å²) in [4.78, 5) is 24.2. The lowest BCUT2D eigenvalue weighted by Crippen LogP contribution is -2.24. The van der Waals surface area contributed by atoms with Gasteiger partial charge in [-0.1, -0.05) is 30.7 Å². The van der Waals surface area contributed by atoms with Crippen LogP contribution >= 0.6 is 11.6 Å². The highest BCUT2D eigenvalue weighted by Gasteiger charge is 2.30. The van der Waals surface area contributed by atoms with E-state index in [2.05, 4.69) is 10.6 Å². The highest BCUT2D eigenvalue weighted by atomic mass is 35.5. The summed E-state index contributed by atoms with van der Waals surface area (Å²) in [5, 5.41) is 6.20. The molecule has 2 aromatic rings. The van der Waals surface area contributed by atoms with Crippen LogP contribution in [0.5, 0.6) is 11.5 Å². The molecular formula is C21H23ClN2O4. The Balaban J connectivity index is 2.10. The van der Waals surface area contributed by atoms with E-state index in [1.165, 1.54) is 7.11 Å². The molecule has 2 amide bonds. The van der Waals surface area contributed by atoms with Gasteiger partial charge < -0.3 is 20.1 Å². The Morgan fingerprint density at radius 2 is 2.00 bits per heavy atom. The maximum Gasteiger partial charge on any atom is 0.225 e. The number of ether oxygens (including phenoxy) is 2. The van der Waals surface area contributed by atoms with E-state index in [1.54, 1.807) is 26.2 Å². The van der Waals surface area contributed by atoms with Gasteiger partial charge >= 0.3 is 0 Å². The van der Waals surface area contributed by atoms with E-state index in [4.69, 9.17) is 21.1 Å². The number of rotatable bonds is 5. The third-order valence-electron chi connectivity index (χ3n) is 4.92. The summed E-state index contributed by atoms with van der Waals surface area (Å²) >= 11 is 6.61. The fraction of sp³-hybridized carbons (Fsp3) is 0.333. The fourth-order valence-electron chi connectivity index (χ4n) is 3.45. The van der Waals surface area contributed by atoms with E-state index >= 15 is 0 Å². The molecule has 0 radical (unpaired) electrons. The first-order chi connectivity index (χ1) is 13.4. The number of halogens is 1. The molecule has 0 aliphatic carbocycles. The average molecular weight is 403 g/mol. The maximum atomic E-state index is 12.4. The number of carbonyl (C=O) groups is 2. The van der Waals surface area contributed by atoms with E-state index in [9.17, 15) is 9.59 Å². The molecule has 28 heavy (non-hydrogen) atoms. The van der Waals surface area contributed by atoms with Crippen LogP contribution in [0.2, 0.25) is 5.02 Å². The van der Waals surface area contributed by atoms with Crippen molar-refractivity contribution in [1.82, 2.24) is 0 Å². The minimum Gasteiger partial charge on any atom is -0.493 e. The molecule has 1 atom stereocenters. The van der Waals surface area contributed by atoms with Crippen LogP contribution < -0.4 is 20.1 Å². The van der Waals surface area contributed by atoms with Crippen molar-refractivity contribution in [3.05, 3.63) is 46.0 Å². The van der Waals surface area contributed by atoms with Gasteiger partial charge in [-0.15, -0.1) is 0 Å². The zero-order chi connectivity index (χ0) is 20.4. The quantitative estimate of drug-likeness (QED) is 0.772. The van der Waals surface area contributed by atoms with E-state index < -0.39 is 0 Å². The number of amides is 2. The normalized spacial score (nSPS) is 15.5. The van der Waals surface area contributed by atoms with Gasteiger partial charge in [0, 0.05) is 30.1 Å². The summed E-state index contributed by atoms with van der Waals surface area (Å²) in [7, 11) is 3.08. The smallest absolute Gasteiger partial charge is 0.225 e. The molecule has 0 saturated carbocycles. The Bertz CT molecular complexity index is 942. The molecule has 0 bridgehead atoms. The van der Waals surface area contributed by atoms with Crippen LogP contribution in [-0.4, -0.2) is 26.0 Å². The van der Waals surface area contributed by atoms with Gasteiger partial charge in [-0.2, -0.15) is 0 Å². The van der Waals surface area contributed by atoms with Crippen LogP contribution in [0.1, 0.15) is 42.4 Å². The van der Waals surface area contributed by atoms with Gasteiger partial charge in [0.25, 0.3) is 0 Å². The van der Waals surface area contributed by atoms with Crippen molar-refractivity contribution in [3.63, 3.8) is 0 Å². The van der Waals surface area contributed by atoms with Crippen molar-refractivity contribution in [3.8, 4) is 11.5 Å². The summed E-state index contributed by atoms with van der Waals surface area (Å²) in [5.41, 5.74) is 4.01. The van der Waals surface area contributed by atoms with Crippen molar-refractivity contribution in [1.29, 1.82) is 0 Å². The van der Waals surface area contributed by atoms with Gasteiger partial charge in [0.2, 0.25) is 11.8 Å². The number of anilines is 2. The van der Waals surface area contributed by atoms with Crippen LogP contribution in [0.4, 0.5) is 11.4 Å². The molecule has 1 heterocycles. The zero-order valence-corrected chi connectivity index (χ0v) is 17.1. The van der Waals surface area contributed by atoms with E-state index in [0.29, 0.717) is 34.3 Å². The average Bonchev–Trinajstić information content (AvgIpc) is 2.68. The number of nitrogens with one attached hydrogen (secondary N) is 2. The van der Waals surface area contributed by atoms with Gasteiger partial charge in [0.05, 0.1) is 19.2 Å². The van der Waals surface area contributed by atoms with Crippen molar-refractivity contribution in [2.24, 2.45) is 0 Å². The van der Waals surface area contributed by atoms with Crippen LogP contribution in [0.15, 0.2) is 24.3 Å². The number of fused-ring (bicyclic) bond motifs is 1. The van der Waals surface area contributed by atoms with Crippen molar-refractivity contribution < 1.29 is 19.1 Å². The molecule has 2 aromatic carbocycles. The van der Waals surface area contributed by atoms with Gasteiger partial charge in [-0.05, 0) is 35.7 Å².